The number of nitrogens with one attached hydrogen (secondary N) is 2. The van der Waals surface area contributed by atoms with E-state index < -0.39 is 11.9 Å². The van der Waals surface area contributed by atoms with Gasteiger partial charge in [0.05, 0.1) is 33.9 Å². The lowest BCUT2D eigenvalue weighted by Crippen LogP contribution is -2.71. The molecule has 7 nitrogen and oxygen atoms in total. The zero-order chi connectivity index (χ0) is 18.4. The van der Waals surface area contributed by atoms with Gasteiger partial charge in [-0.3, -0.25) is 4.79 Å². The van der Waals surface area contributed by atoms with Gasteiger partial charge >= 0.3 is 0 Å². The Morgan fingerprint density at radius 2 is 2.31 bits per heavy atom. The highest BCUT2D eigenvalue weighted by Crippen LogP contribution is 2.38. The number of hydrogen-bond acceptors (Lipinski definition) is 6. The highest BCUT2D eigenvalue weighted by Gasteiger charge is 2.36. The lowest BCUT2D eigenvalue weighted by atomic mass is 10.0. The maximum Gasteiger partial charge on any atom is 0.254 e. The smallest absolute Gasteiger partial charge is 0.254 e. The molecule has 3 unspecified atom stereocenters. The van der Waals surface area contributed by atoms with Crippen molar-refractivity contribution in [2.24, 2.45) is 0 Å². The van der Waals surface area contributed by atoms with E-state index in [9.17, 15) is 4.79 Å². The quantitative estimate of drug-likeness (QED) is 0.746. The fourth-order valence-corrected chi connectivity index (χ4v) is 4.22. The molecule has 9 heteroatoms. The molecular weight excluding hydrogens is 357 g/mol. The van der Waals surface area contributed by atoms with Gasteiger partial charge < -0.3 is 21.1 Å². The van der Waals surface area contributed by atoms with Crippen LogP contribution < -0.4 is 16.4 Å². The van der Waals surface area contributed by atoms with Crippen LogP contribution in [0.5, 0.6) is 0 Å². The molecule has 3 atom stereocenters. The fraction of sp³-hybridized carbons (Fsp3) is 0.471. The second kappa shape index (κ2) is 6.57. The second-order valence-electron chi connectivity index (χ2n) is 6.81. The number of fused-ring (bicyclic) bond motifs is 1. The molecule has 2 aliphatic rings. The summed E-state index contributed by atoms with van der Waals surface area (Å²) in [5.41, 5.74) is 6.06. The molecule has 4 heterocycles. The topological polar surface area (TPSA) is 104 Å². The van der Waals surface area contributed by atoms with E-state index in [4.69, 9.17) is 4.74 Å². The Balaban J connectivity index is 1.82. The van der Waals surface area contributed by atoms with Crippen molar-refractivity contribution >= 4 is 23.3 Å². The van der Waals surface area contributed by atoms with E-state index in [1.807, 2.05) is 13.0 Å². The van der Waals surface area contributed by atoms with Crippen molar-refractivity contribution < 1.29 is 19.7 Å². The average molecular weight is 378 g/mol. The summed E-state index contributed by atoms with van der Waals surface area (Å²) in [4.78, 5) is 17.7. The lowest BCUT2D eigenvalue weighted by Gasteiger charge is -2.27. The van der Waals surface area contributed by atoms with Gasteiger partial charge in [-0.1, -0.05) is 0 Å². The lowest BCUT2D eigenvalue weighted by molar-refractivity contribution is -0.435. The number of quaternary nitrogens is 1. The van der Waals surface area contributed by atoms with Gasteiger partial charge in [-0.2, -0.15) is 4.37 Å². The molecule has 1 saturated heterocycles. The Morgan fingerprint density at radius 3 is 3.00 bits per heavy atom. The fourth-order valence-electron chi connectivity index (χ4n) is 3.47. The molecule has 2 aromatic rings. The molecule has 0 saturated carbocycles. The number of carbonyl (C=O) groups is 1. The van der Waals surface area contributed by atoms with Crippen LogP contribution in [0.1, 0.15) is 41.0 Å². The number of anilines is 1. The van der Waals surface area contributed by atoms with Crippen molar-refractivity contribution in [3.63, 3.8) is 0 Å². The van der Waals surface area contributed by atoms with Crippen molar-refractivity contribution in [3.8, 4) is 10.6 Å². The molecule has 4 rings (SSSR count). The largest absolute Gasteiger partial charge is 0.375 e. The molecule has 1 fully saturated rings. The van der Waals surface area contributed by atoms with E-state index in [0.29, 0.717) is 30.0 Å². The molecule has 138 valence electrons. The first-order chi connectivity index (χ1) is 12.5. The molecule has 2 aromatic heterocycles. The number of ether oxygens (including phenoxy) is 1. The van der Waals surface area contributed by atoms with Crippen molar-refractivity contribution in [2.45, 2.75) is 38.4 Å². The van der Waals surface area contributed by atoms with E-state index in [1.54, 1.807) is 6.92 Å². The Bertz CT molecular complexity index is 871. The number of carbonyl (C=O) groups excluding carboxylic acids is 1. The minimum atomic E-state index is -0.477. The van der Waals surface area contributed by atoms with Crippen LogP contribution in [0.3, 0.4) is 0 Å². The Morgan fingerprint density at radius 1 is 1.50 bits per heavy atom. The molecule has 0 aromatic carbocycles. The highest BCUT2D eigenvalue weighted by atomic mass is 32.1. The predicted molar refractivity (Wildman–Crippen MR) is 95.4 cm³/mol. The zero-order valence-corrected chi connectivity index (χ0v) is 15.5. The molecule has 1 amide bonds. The van der Waals surface area contributed by atoms with Gasteiger partial charge in [0.25, 0.3) is 5.91 Å². The first-order valence-electron chi connectivity index (χ1n) is 8.61. The molecular formula is C17H21FN5O2S+. The summed E-state index contributed by atoms with van der Waals surface area (Å²) in [7, 11) is 0. The summed E-state index contributed by atoms with van der Waals surface area (Å²) in [6.45, 7) is 4.78. The summed E-state index contributed by atoms with van der Waals surface area (Å²) >= 11 is 1.26. The average Bonchev–Trinajstić information content (AvgIpc) is 3.16. The van der Waals surface area contributed by atoms with Crippen LogP contribution in [0.4, 0.5) is 10.2 Å². The van der Waals surface area contributed by atoms with E-state index in [-0.39, 0.29) is 23.8 Å². The Labute approximate surface area is 154 Å². The van der Waals surface area contributed by atoms with Crippen LogP contribution in [0, 0.1) is 12.7 Å². The monoisotopic (exact) mass is 378 g/mol. The van der Waals surface area contributed by atoms with Crippen LogP contribution in [-0.4, -0.2) is 40.6 Å². The second-order valence-corrected chi connectivity index (χ2v) is 7.62. The first kappa shape index (κ1) is 17.3. The molecule has 26 heavy (non-hydrogen) atoms. The number of amides is 1. The first-order valence-corrected chi connectivity index (χ1v) is 9.38. The van der Waals surface area contributed by atoms with Crippen LogP contribution in [0.2, 0.25) is 0 Å². The number of nitrogens with zero attached hydrogens (tertiary/aromatic N) is 2. The van der Waals surface area contributed by atoms with Crippen molar-refractivity contribution in [1.29, 1.82) is 0 Å². The standard InChI is InChI=1S/C17H20FN5O2S/c1-7-5-11(26-23-7)15-13-12(8(2)20-17(13)24)14(18)16(22-15)21-10-3-4-25-6-9(10)19/h5,8-10H,3-4,6,19H2,1-2H3,(H,20,24)(H,21,22)/p+1. The zero-order valence-electron chi connectivity index (χ0n) is 14.6. The normalized spacial score (nSPS) is 25.1. The number of pyridine rings is 1. The molecule has 0 radical (unpaired) electrons. The van der Waals surface area contributed by atoms with Crippen molar-refractivity contribution in [2.75, 3.05) is 18.5 Å². The third kappa shape index (κ3) is 2.85. The maximum atomic E-state index is 15.2. The summed E-state index contributed by atoms with van der Waals surface area (Å²) in [6, 6.07) is 1.44. The predicted octanol–water partition coefficient (Wildman–Crippen LogP) is 1.27. The Kier molecular flexibility index (Phi) is 4.37. The third-order valence-corrected chi connectivity index (χ3v) is 5.73. The van der Waals surface area contributed by atoms with E-state index in [2.05, 4.69) is 25.7 Å². The van der Waals surface area contributed by atoms with Crippen LogP contribution >= 0.6 is 11.5 Å². The summed E-state index contributed by atoms with van der Waals surface area (Å²) in [5, 5.41) is 5.98. The summed E-state index contributed by atoms with van der Waals surface area (Å²) in [6.07, 6.45) is 0.730. The molecule has 0 aliphatic carbocycles. The number of hydrogen-bond donors (Lipinski definition) is 3. The van der Waals surface area contributed by atoms with Crippen molar-refractivity contribution in [3.05, 3.63) is 28.7 Å². The Hall–Kier alpha value is -2.10. The number of aryl methyl sites for hydroxylation is 1. The van der Waals surface area contributed by atoms with Gasteiger partial charge in [0.2, 0.25) is 0 Å². The van der Waals surface area contributed by atoms with E-state index in [1.165, 1.54) is 11.5 Å². The van der Waals surface area contributed by atoms with Crippen LogP contribution in [0.15, 0.2) is 6.07 Å². The van der Waals surface area contributed by atoms with Gasteiger partial charge in [-0.05, 0) is 37.9 Å². The van der Waals surface area contributed by atoms with Gasteiger partial charge in [-0.25, -0.2) is 9.37 Å². The van der Waals surface area contributed by atoms with Crippen LogP contribution in [0.25, 0.3) is 10.6 Å². The van der Waals surface area contributed by atoms with Gasteiger partial charge in [0.15, 0.2) is 11.6 Å². The third-order valence-electron chi connectivity index (χ3n) is 4.84. The van der Waals surface area contributed by atoms with Crippen molar-refractivity contribution in [1.82, 2.24) is 14.7 Å². The van der Waals surface area contributed by atoms with E-state index in [0.717, 1.165) is 17.0 Å². The maximum absolute atomic E-state index is 15.2. The number of aromatic nitrogens is 2. The van der Waals surface area contributed by atoms with Gasteiger partial charge in [-0.15, -0.1) is 0 Å². The minimum Gasteiger partial charge on any atom is -0.375 e. The molecule has 2 aliphatic heterocycles. The van der Waals surface area contributed by atoms with Crippen LogP contribution in [-0.2, 0) is 4.74 Å². The van der Waals surface area contributed by atoms with Gasteiger partial charge in [0, 0.05) is 12.2 Å². The highest BCUT2D eigenvalue weighted by molar-refractivity contribution is 7.09. The summed E-state index contributed by atoms with van der Waals surface area (Å²) < 4.78 is 24.9. The minimum absolute atomic E-state index is 0.00415. The van der Waals surface area contributed by atoms with E-state index >= 15 is 4.39 Å². The van der Waals surface area contributed by atoms with Gasteiger partial charge in [0.1, 0.15) is 12.6 Å². The summed E-state index contributed by atoms with van der Waals surface area (Å²) in [5.74, 6) is -0.615. The SMILES string of the molecule is Cc1cc(-c2nc(NC3CCOCC3[NH3+])c(F)c3c2C(=O)NC3C)sn1. The number of halogens is 1. The number of rotatable bonds is 3. The molecule has 5 N–H and O–H groups in total. The molecule has 0 spiro atoms. The molecule has 0 bridgehead atoms.